The number of hydrogen-bond donors (Lipinski definition) is 1. The van der Waals surface area contributed by atoms with E-state index >= 15 is 0 Å². The van der Waals surface area contributed by atoms with Gasteiger partial charge in [0.1, 0.15) is 0 Å². The molecular weight excluding hydrogens is 120 g/mol. The quantitative estimate of drug-likeness (QED) is 0.580. The summed E-state index contributed by atoms with van der Waals surface area (Å²) in [6.45, 7) is 6.46. The Balaban J connectivity index is 3.63. The van der Waals surface area contributed by atoms with Crippen LogP contribution in [0.1, 0.15) is 13.8 Å². The van der Waals surface area contributed by atoms with Crippen molar-refractivity contribution >= 4 is 5.97 Å². The number of carboxylic acids is 1. The summed E-state index contributed by atoms with van der Waals surface area (Å²) in [5.41, 5.74) is 0. The van der Waals surface area contributed by atoms with Crippen LogP contribution in [0, 0.1) is 0 Å². The van der Waals surface area contributed by atoms with Crippen LogP contribution < -0.4 is 0 Å². The van der Waals surface area contributed by atoms with Crippen molar-refractivity contribution in [2.45, 2.75) is 20.0 Å². The number of rotatable bonds is 3. The monoisotopic (exact) mass is 130 g/mol. The molecule has 0 rings (SSSR count). The summed E-state index contributed by atoms with van der Waals surface area (Å²) in [5.74, 6) is -0.553. The maximum Gasteiger partial charge on any atom is 0.344 e. The highest BCUT2D eigenvalue weighted by atomic mass is 16.5. The number of ether oxygens (including phenoxy) is 1. The molecule has 0 aliphatic carbocycles. The SMILES string of the molecule is C=C(C)OC(C)C(=O)O. The summed E-state index contributed by atoms with van der Waals surface area (Å²) < 4.78 is 4.72. The Hall–Kier alpha value is -0.990. The molecule has 0 bridgehead atoms. The first-order chi connectivity index (χ1) is 4.04. The van der Waals surface area contributed by atoms with Crippen molar-refractivity contribution in [2.24, 2.45) is 0 Å². The first-order valence-corrected chi connectivity index (χ1v) is 2.59. The van der Waals surface area contributed by atoms with E-state index in [0.717, 1.165) is 0 Å². The van der Waals surface area contributed by atoms with E-state index in [2.05, 4.69) is 6.58 Å². The first-order valence-electron chi connectivity index (χ1n) is 2.59. The molecule has 9 heavy (non-hydrogen) atoms. The third kappa shape index (κ3) is 3.58. The predicted molar refractivity (Wildman–Crippen MR) is 33.0 cm³/mol. The standard InChI is InChI=1S/C6H10O3/c1-4(2)9-5(3)6(7)8/h5H,1H2,2-3H3,(H,7,8). The van der Waals surface area contributed by atoms with Gasteiger partial charge in [-0.15, -0.1) is 0 Å². The summed E-state index contributed by atoms with van der Waals surface area (Å²) >= 11 is 0. The Morgan fingerprint density at radius 1 is 1.78 bits per heavy atom. The highest BCUT2D eigenvalue weighted by Gasteiger charge is 2.10. The van der Waals surface area contributed by atoms with Gasteiger partial charge in [-0.25, -0.2) is 4.79 Å². The summed E-state index contributed by atoms with van der Waals surface area (Å²) in [5, 5.41) is 8.26. The van der Waals surface area contributed by atoms with Gasteiger partial charge in [0.2, 0.25) is 0 Å². The second-order valence-corrected chi connectivity index (χ2v) is 1.80. The fourth-order valence-electron chi connectivity index (χ4n) is 0.352. The van der Waals surface area contributed by atoms with Crippen molar-refractivity contribution in [2.75, 3.05) is 0 Å². The summed E-state index contributed by atoms with van der Waals surface area (Å²) in [7, 11) is 0. The van der Waals surface area contributed by atoms with Gasteiger partial charge in [-0.3, -0.25) is 0 Å². The Bertz CT molecular complexity index is 128. The van der Waals surface area contributed by atoms with Crippen molar-refractivity contribution in [1.29, 1.82) is 0 Å². The Labute approximate surface area is 53.9 Å². The van der Waals surface area contributed by atoms with Gasteiger partial charge in [-0.1, -0.05) is 6.58 Å². The lowest BCUT2D eigenvalue weighted by Crippen LogP contribution is -2.18. The second kappa shape index (κ2) is 3.12. The van der Waals surface area contributed by atoms with Gasteiger partial charge in [0.25, 0.3) is 0 Å². The molecular formula is C6H10O3. The van der Waals surface area contributed by atoms with Gasteiger partial charge >= 0.3 is 5.97 Å². The van der Waals surface area contributed by atoms with Crippen LogP contribution in [0.5, 0.6) is 0 Å². The van der Waals surface area contributed by atoms with E-state index < -0.39 is 12.1 Å². The molecule has 0 amide bonds. The Morgan fingerprint density at radius 3 is 2.33 bits per heavy atom. The largest absolute Gasteiger partial charge is 0.484 e. The number of allylic oxidation sites excluding steroid dienone is 1. The third-order valence-corrected chi connectivity index (χ3v) is 0.726. The zero-order valence-electron chi connectivity index (χ0n) is 5.55. The minimum absolute atomic E-state index is 0.421. The lowest BCUT2D eigenvalue weighted by Gasteiger charge is -2.07. The first kappa shape index (κ1) is 8.01. The van der Waals surface area contributed by atoms with Crippen molar-refractivity contribution < 1.29 is 14.6 Å². The molecule has 0 heterocycles. The summed E-state index contributed by atoms with van der Waals surface area (Å²) in [6, 6.07) is 0. The summed E-state index contributed by atoms with van der Waals surface area (Å²) in [4.78, 5) is 10.1. The summed E-state index contributed by atoms with van der Waals surface area (Å²) in [6.07, 6.45) is -0.789. The fourth-order valence-corrected chi connectivity index (χ4v) is 0.352. The highest BCUT2D eigenvalue weighted by molar-refractivity contribution is 5.71. The molecule has 0 fully saturated rings. The van der Waals surface area contributed by atoms with E-state index in [1.807, 2.05) is 0 Å². The van der Waals surface area contributed by atoms with Gasteiger partial charge in [0, 0.05) is 0 Å². The van der Waals surface area contributed by atoms with E-state index in [1.54, 1.807) is 6.92 Å². The lowest BCUT2D eigenvalue weighted by atomic mass is 10.4. The molecule has 52 valence electrons. The van der Waals surface area contributed by atoms with Crippen LogP contribution in [0.15, 0.2) is 12.3 Å². The average molecular weight is 130 g/mol. The van der Waals surface area contributed by atoms with Crippen molar-refractivity contribution in [1.82, 2.24) is 0 Å². The topological polar surface area (TPSA) is 46.5 Å². The molecule has 0 saturated heterocycles. The van der Waals surface area contributed by atoms with Crippen LogP contribution in [0.2, 0.25) is 0 Å². The normalized spacial score (nSPS) is 12.2. The van der Waals surface area contributed by atoms with Crippen molar-refractivity contribution in [3.63, 3.8) is 0 Å². The Morgan fingerprint density at radius 2 is 2.22 bits per heavy atom. The molecule has 0 radical (unpaired) electrons. The smallest absolute Gasteiger partial charge is 0.344 e. The van der Waals surface area contributed by atoms with Crippen LogP contribution in [-0.4, -0.2) is 17.2 Å². The van der Waals surface area contributed by atoms with Crippen LogP contribution in [0.3, 0.4) is 0 Å². The molecule has 0 aromatic rings. The maximum absolute atomic E-state index is 10.1. The maximum atomic E-state index is 10.1. The third-order valence-electron chi connectivity index (χ3n) is 0.726. The second-order valence-electron chi connectivity index (χ2n) is 1.80. The molecule has 0 aliphatic heterocycles. The molecule has 3 nitrogen and oxygen atoms in total. The van der Waals surface area contributed by atoms with E-state index in [4.69, 9.17) is 9.84 Å². The minimum atomic E-state index is -0.974. The fraction of sp³-hybridized carbons (Fsp3) is 0.500. The molecule has 0 saturated carbocycles. The highest BCUT2D eigenvalue weighted by Crippen LogP contribution is 1.97. The number of hydrogen-bond acceptors (Lipinski definition) is 2. The van der Waals surface area contributed by atoms with Gasteiger partial charge < -0.3 is 9.84 Å². The van der Waals surface area contributed by atoms with Crippen LogP contribution in [-0.2, 0) is 9.53 Å². The van der Waals surface area contributed by atoms with Gasteiger partial charge in [0.15, 0.2) is 6.10 Å². The molecule has 1 unspecified atom stereocenters. The lowest BCUT2D eigenvalue weighted by molar-refractivity contribution is -0.146. The van der Waals surface area contributed by atoms with Crippen LogP contribution in [0.25, 0.3) is 0 Å². The number of aliphatic carboxylic acids is 1. The van der Waals surface area contributed by atoms with E-state index in [0.29, 0.717) is 5.76 Å². The predicted octanol–water partition coefficient (Wildman–Crippen LogP) is 1.01. The average Bonchev–Trinajstić information content (AvgIpc) is 1.63. The molecule has 1 N–H and O–H groups in total. The molecule has 0 aliphatic rings. The zero-order valence-corrected chi connectivity index (χ0v) is 5.55. The van der Waals surface area contributed by atoms with Gasteiger partial charge in [-0.05, 0) is 13.8 Å². The number of carbonyl (C=O) groups is 1. The van der Waals surface area contributed by atoms with Crippen LogP contribution in [0.4, 0.5) is 0 Å². The van der Waals surface area contributed by atoms with Crippen molar-refractivity contribution in [3.05, 3.63) is 12.3 Å². The molecule has 3 heteroatoms. The van der Waals surface area contributed by atoms with E-state index in [1.165, 1.54) is 6.92 Å². The molecule has 0 spiro atoms. The van der Waals surface area contributed by atoms with E-state index in [9.17, 15) is 4.79 Å². The van der Waals surface area contributed by atoms with Gasteiger partial charge in [0.05, 0.1) is 5.76 Å². The zero-order chi connectivity index (χ0) is 7.44. The van der Waals surface area contributed by atoms with E-state index in [-0.39, 0.29) is 0 Å². The minimum Gasteiger partial charge on any atom is -0.484 e. The number of carboxylic acid groups (broad SMARTS) is 1. The van der Waals surface area contributed by atoms with Gasteiger partial charge in [-0.2, -0.15) is 0 Å². The van der Waals surface area contributed by atoms with Crippen LogP contribution >= 0.6 is 0 Å². The molecule has 0 aromatic carbocycles. The molecule has 0 aromatic heterocycles. The Kier molecular flexibility index (Phi) is 2.78. The molecule has 1 atom stereocenters. The van der Waals surface area contributed by atoms with Crippen molar-refractivity contribution in [3.8, 4) is 0 Å².